The molecule has 3 nitrogen and oxygen atoms in total. The SMILES string of the molecule is C[C@H]1CCN(C(=O)CC#N)CC1(F)F. The molecule has 1 atom stereocenters. The average Bonchev–Trinajstić information content (AvgIpc) is 2.10. The van der Waals surface area contributed by atoms with Crippen LogP contribution in [0.15, 0.2) is 0 Å². The molecule has 0 bridgehead atoms. The average molecular weight is 202 g/mol. The van der Waals surface area contributed by atoms with E-state index in [0.717, 1.165) is 4.90 Å². The van der Waals surface area contributed by atoms with E-state index in [1.54, 1.807) is 6.07 Å². The fraction of sp³-hybridized carbons (Fsp3) is 0.778. The van der Waals surface area contributed by atoms with E-state index in [-0.39, 0.29) is 6.42 Å². The van der Waals surface area contributed by atoms with Crippen molar-refractivity contribution < 1.29 is 13.6 Å². The van der Waals surface area contributed by atoms with E-state index < -0.39 is 24.3 Å². The highest BCUT2D eigenvalue weighted by Gasteiger charge is 2.42. The molecule has 0 aromatic carbocycles. The standard InChI is InChI=1S/C9H12F2N2O/c1-7-3-5-13(6-9(7,10)11)8(14)2-4-12/h7H,2-3,5-6H2,1H3/t7-/m0/s1. The van der Waals surface area contributed by atoms with E-state index in [9.17, 15) is 13.6 Å². The number of nitrogens with zero attached hydrogens (tertiary/aromatic N) is 2. The topological polar surface area (TPSA) is 44.1 Å². The van der Waals surface area contributed by atoms with Crippen LogP contribution in [0.3, 0.4) is 0 Å². The number of amides is 1. The van der Waals surface area contributed by atoms with Gasteiger partial charge in [0, 0.05) is 12.5 Å². The molecule has 0 saturated carbocycles. The summed E-state index contributed by atoms with van der Waals surface area (Å²) in [6.07, 6.45) is -0.0192. The van der Waals surface area contributed by atoms with Crippen molar-refractivity contribution in [3.63, 3.8) is 0 Å². The minimum Gasteiger partial charge on any atom is -0.336 e. The Kier molecular flexibility index (Phi) is 3.04. The minimum absolute atomic E-state index is 0.296. The van der Waals surface area contributed by atoms with Crippen LogP contribution in [-0.2, 0) is 4.79 Å². The molecule has 1 amide bonds. The number of hydrogen-bond donors (Lipinski definition) is 0. The van der Waals surface area contributed by atoms with Gasteiger partial charge >= 0.3 is 0 Å². The normalized spacial score (nSPS) is 25.6. The second kappa shape index (κ2) is 3.91. The van der Waals surface area contributed by atoms with Crippen LogP contribution in [0.2, 0.25) is 0 Å². The van der Waals surface area contributed by atoms with Crippen LogP contribution in [0.25, 0.3) is 0 Å². The zero-order valence-electron chi connectivity index (χ0n) is 7.96. The van der Waals surface area contributed by atoms with E-state index in [0.29, 0.717) is 13.0 Å². The third kappa shape index (κ3) is 2.19. The van der Waals surface area contributed by atoms with Crippen LogP contribution in [0.4, 0.5) is 8.78 Å². The van der Waals surface area contributed by atoms with Crippen LogP contribution in [-0.4, -0.2) is 29.8 Å². The lowest BCUT2D eigenvalue weighted by Crippen LogP contribution is -2.49. The molecule has 1 fully saturated rings. The smallest absolute Gasteiger partial charge is 0.267 e. The number of piperidine rings is 1. The van der Waals surface area contributed by atoms with Crippen LogP contribution in [0, 0.1) is 17.2 Å². The maximum absolute atomic E-state index is 13.2. The lowest BCUT2D eigenvalue weighted by Gasteiger charge is -2.36. The van der Waals surface area contributed by atoms with Gasteiger partial charge in [0.2, 0.25) is 5.91 Å². The number of nitriles is 1. The van der Waals surface area contributed by atoms with Gasteiger partial charge < -0.3 is 4.90 Å². The maximum atomic E-state index is 13.2. The van der Waals surface area contributed by atoms with Crippen molar-refractivity contribution in [1.82, 2.24) is 4.90 Å². The Labute approximate surface area is 81.3 Å². The van der Waals surface area contributed by atoms with Gasteiger partial charge in [0.05, 0.1) is 12.6 Å². The molecule has 5 heteroatoms. The van der Waals surface area contributed by atoms with Crippen molar-refractivity contribution in [2.75, 3.05) is 13.1 Å². The number of rotatable bonds is 1. The Bertz CT molecular complexity index is 272. The zero-order chi connectivity index (χ0) is 10.8. The number of carbonyl (C=O) groups is 1. The quantitative estimate of drug-likeness (QED) is 0.645. The Morgan fingerprint density at radius 1 is 1.71 bits per heavy atom. The third-order valence-electron chi connectivity index (χ3n) is 2.54. The molecule has 0 aromatic heterocycles. The number of alkyl halides is 2. The summed E-state index contributed by atoms with van der Waals surface area (Å²) in [7, 11) is 0. The van der Waals surface area contributed by atoms with Gasteiger partial charge in [-0.25, -0.2) is 8.78 Å². The minimum atomic E-state index is -2.82. The van der Waals surface area contributed by atoms with Gasteiger partial charge in [0.1, 0.15) is 6.42 Å². The first-order valence-electron chi connectivity index (χ1n) is 4.50. The molecular weight excluding hydrogens is 190 g/mol. The summed E-state index contributed by atoms with van der Waals surface area (Å²) >= 11 is 0. The molecule has 0 aliphatic carbocycles. The Balaban J connectivity index is 2.60. The third-order valence-corrected chi connectivity index (χ3v) is 2.54. The van der Waals surface area contributed by atoms with Crippen molar-refractivity contribution in [3.05, 3.63) is 0 Å². The highest BCUT2D eigenvalue weighted by molar-refractivity contribution is 5.78. The molecule has 0 spiro atoms. The molecule has 0 aromatic rings. The Hall–Kier alpha value is -1.18. The highest BCUT2D eigenvalue weighted by atomic mass is 19.3. The highest BCUT2D eigenvalue weighted by Crippen LogP contribution is 2.32. The summed E-state index contributed by atoms with van der Waals surface area (Å²) in [5.41, 5.74) is 0. The summed E-state index contributed by atoms with van der Waals surface area (Å²) in [5.74, 6) is -4.00. The molecule has 0 N–H and O–H groups in total. The van der Waals surface area contributed by atoms with Gasteiger partial charge in [-0.3, -0.25) is 4.79 Å². The molecule has 0 unspecified atom stereocenters. The lowest BCUT2D eigenvalue weighted by atomic mass is 9.95. The van der Waals surface area contributed by atoms with E-state index in [1.165, 1.54) is 6.92 Å². The van der Waals surface area contributed by atoms with Gasteiger partial charge in [-0.2, -0.15) is 5.26 Å². The van der Waals surface area contributed by atoms with Crippen molar-refractivity contribution in [3.8, 4) is 6.07 Å². The molecule has 1 aliphatic rings. The molecular formula is C9H12F2N2O. The van der Waals surface area contributed by atoms with E-state index in [1.807, 2.05) is 0 Å². The van der Waals surface area contributed by atoms with Crippen molar-refractivity contribution in [2.24, 2.45) is 5.92 Å². The van der Waals surface area contributed by atoms with Crippen LogP contribution >= 0.6 is 0 Å². The van der Waals surface area contributed by atoms with E-state index in [2.05, 4.69) is 0 Å². The summed E-state index contributed by atoms with van der Waals surface area (Å²) in [6, 6.07) is 1.67. The first-order chi connectivity index (χ1) is 6.47. The van der Waals surface area contributed by atoms with Crippen LogP contribution in [0.1, 0.15) is 19.8 Å². The molecule has 78 valence electrons. The van der Waals surface area contributed by atoms with Gasteiger partial charge in [-0.05, 0) is 6.42 Å². The molecule has 1 saturated heterocycles. The summed E-state index contributed by atoms with van der Waals surface area (Å²) in [6.45, 7) is 1.26. The largest absolute Gasteiger partial charge is 0.336 e. The number of likely N-dealkylation sites (tertiary alicyclic amines) is 1. The second-order valence-electron chi connectivity index (χ2n) is 3.60. The second-order valence-corrected chi connectivity index (χ2v) is 3.60. The van der Waals surface area contributed by atoms with Crippen molar-refractivity contribution in [1.29, 1.82) is 5.26 Å². The van der Waals surface area contributed by atoms with Crippen LogP contribution < -0.4 is 0 Å². The Morgan fingerprint density at radius 3 is 2.86 bits per heavy atom. The fourth-order valence-electron chi connectivity index (χ4n) is 1.44. The predicted octanol–water partition coefficient (Wildman–Crippen LogP) is 1.40. The zero-order valence-corrected chi connectivity index (χ0v) is 7.96. The molecule has 14 heavy (non-hydrogen) atoms. The number of carbonyl (C=O) groups excluding carboxylic acids is 1. The van der Waals surface area contributed by atoms with Crippen molar-refractivity contribution >= 4 is 5.91 Å². The molecule has 0 radical (unpaired) electrons. The van der Waals surface area contributed by atoms with E-state index >= 15 is 0 Å². The maximum Gasteiger partial charge on any atom is 0.267 e. The first kappa shape index (κ1) is 10.9. The molecule has 1 rings (SSSR count). The van der Waals surface area contributed by atoms with Gasteiger partial charge in [-0.1, -0.05) is 6.92 Å². The molecule has 1 aliphatic heterocycles. The van der Waals surface area contributed by atoms with E-state index in [4.69, 9.17) is 5.26 Å². The predicted molar refractivity (Wildman–Crippen MR) is 45.5 cm³/mol. The fourth-order valence-corrected chi connectivity index (χ4v) is 1.44. The van der Waals surface area contributed by atoms with Gasteiger partial charge in [0.15, 0.2) is 0 Å². The molecule has 1 heterocycles. The monoisotopic (exact) mass is 202 g/mol. The van der Waals surface area contributed by atoms with Crippen molar-refractivity contribution in [2.45, 2.75) is 25.7 Å². The Morgan fingerprint density at radius 2 is 2.36 bits per heavy atom. The summed E-state index contributed by atoms with van der Waals surface area (Å²) in [5, 5.41) is 8.26. The summed E-state index contributed by atoms with van der Waals surface area (Å²) in [4.78, 5) is 12.2. The van der Waals surface area contributed by atoms with Gasteiger partial charge in [-0.15, -0.1) is 0 Å². The lowest BCUT2D eigenvalue weighted by molar-refractivity contribution is -0.147. The summed E-state index contributed by atoms with van der Waals surface area (Å²) < 4.78 is 26.3. The number of halogens is 2. The van der Waals surface area contributed by atoms with Crippen LogP contribution in [0.5, 0.6) is 0 Å². The first-order valence-corrected chi connectivity index (χ1v) is 4.50. The van der Waals surface area contributed by atoms with Gasteiger partial charge in [0.25, 0.3) is 5.92 Å². The number of hydrogen-bond acceptors (Lipinski definition) is 2.